The molecule has 1 aromatic carbocycles. The van der Waals surface area contributed by atoms with Gasteiger partial charge in [-0.15, -0.1) is 0 Å². The molecule has 1 saturated heterocycles. The number of rotatable bonds is 4. The molecule has 0 saturated carbocycles. The highest BCUT2D eigenvalue weighted by Crippen LogP contribution is 2.17. The summed E-state index contributed by atoms with van der Waals surface area (Å²) in [4.78, 5) is 22.8. The molecule has 126 valence electrons. The highest BCUT2D eigenvalue weighted by molar-refractivity contribution is 7.92. The zero-order valence-electron chi connectivity index (χ0n) is 12.1. The van der Waals surface area contributed by atoms with Gasteiger partial charge in [-0.1, -0.05) is 0 Å². The summed E-state index contributed by atoms with van der Waals surface area (Å²) in [6.45, 7) is 0.504. The van der Waals surface area contributed by atoms with Crippen molar-refractivity contribution in [3.63, 3.8) is 0 Å². The number of carbonyl (C=O) groups excluding carboxylic acids is 2. The second-order valence-corrected chi connectivity index (χ2v) is 7.20. The number of hydrogen-bond acceptors (Lipinski definition) is 4. The second-order valence-electron chi connectivity index (χ2n) is 5.24. The molecule has 1 atom stereocenters. The van der Waals surface area contributed by atoms with Gasteiger partial charge in [0, 0.05) is 12.6 Å². The topological polar surface area (TPSA) is 92.3 Å². The number of sulfone groups is 1. The van der Waals surface area contributed by atoms with Crippen molar-refractivity contribution >= 4 is 21.7 Å². The normalized spacial score (nSPS) is 18.9. The molecule has 1 aliphatic heterocycles. The zero-order valence-corrected chi connectivity index (χ0v) is 13.0. The molecule has 0 aliphatic carbocycles. The van der Waals surface area contributed by atoms with E-state index in [2.05, 4.69) is 10.6 Å². The molecule has 1 heterocycles. The fraction of sp³-hybridized carbons (Fsp3) is 0.429. The van der Waals surface area contributed by atoms with Crippen molar-refractivity contribution in [3.8, 4) is 0 Å². The molecule has 0 radical (unpaired) electrons. The Kier molecular flexibility index (Phi) is 5.30. The van der Waals surface area contributed by atoms with Crippen molar-refractivity contribution in [2.45, 2.75) is 30.2 Å². The first-order valence-corrected chi connectivity index (χ1v) is 8.70. The number of amides is 2. The van der Waals surface area contributed by atoms with Crippen LogP contribution in [0.1, 0.15) is 19.3 Å². The monoisotopic (exact) mass is 346 g/mol. The van der Waals surface area contributed by atoms with Crippen molar-refractivity contribution in [1.29, 1.82) is 0 Å². The minimum absolute atomic E-state index is 0.374. The van der Waals surface area contributed by atoms with E-state index in [0.717, 1.165) is 18.6 Å². The van der Waals surface area contributed by atoms with Gasteiger partial charge in [-0.3, -0.25) is 9.59 Å². The molecular formula is C14H16F2N2O4S. The van der Waals surface area contributed by atoms with Crippen molar-refractivity contribution in [2.75, 3.05) is 12.3 Å². The number of carbonyl (C=O) groups is 2. The van der Waals surface area contributed by atoms with E-state index in [1.165, 1.54) is 0 Å². The Balaban J connectivity index is 2.07. The maximum Gasteiger partial charge on any atom is 0.242 e. The highest BCUT2D eigenvalue weighted by atomic mass is 32.2. The van der Waals surface area contributed by atoms with E-state index < -0.39 is 44.1 Å². The van der Waals surface area contributed by atoms with Crippen LogP contribution in [0.15, 0.2) is 23.1 Å². The van der Waals surface area contributed by atoms with Crippen LogP contribution in [-0.4, -0.2) is 38.6 Å². The lowest BCUT2D eigenvalue weighted by molar-refractivity contribution is -0.127. The molecule has 2 amide bonds. The first-order valence-electron chi connectivity index (χ1n) is 7.04. The predicted octanol–water partition coefficient (Wildman–Crippen LogP) is 0.523. The van der Waals surface area contributed by atoms with Gasteiger partial charge in [-0.05, 0) is 31.4 Å². The molecule has 1 aliphatic rings. The first-order chi connectivity index (χ1) is 10.8. The van der Waals surface area contributed by atoms with Gasteiger partial charge < -0.3 is 10.6 Å². The molecule has 0 bridgehead atoms. The van der Waals surface area contributed by atoms with Crippen LogP contribution in [0.3, 0.4) is 0 Å². The maximum atomic E-state index is 13.6. The van der Waals surface area contributed by atoms with Gasteiger partial charge in [0.05, 0.1) is 0 Å². The molecule has 0 aromatic heterocycles. The van der Waals surface area contributed by atoms with Crippen molar-refractivity contribution < 1.29 is 26.8 Å². The third-order valence-corrected chi connectivity index (χ3v) is 5.06. The van der Waals surface area contributed by atoms with Gasteiger partial charge in [-0.2, -0.15) is 0 Å². The summed E-state index contributed by atoms with van der Waals surface area (Å²) >= 11 is 0. The predicted molar refractivity (Wildman–Crippen MR) is 77.2 cm³/mol. The third-order valence-electron chi connectivity index (χ3n) is 3.42. The fourth-order valence-corrected chi connectivity index (χ4v) is 3.51. The Bertz CT molecular complexity index is 721. The van der Waals surface area contributed by atoms with Crippen LogP contribution < -0.4 is 10.6 Å². The lowest BCUT2D eigenvalue weighted by Gasteiger charge is -2.15. The number of halogens is 2. The molecule has 0 unspecified atom stereocenters. The number of nitrogens with one attached hydrogen (secondary N) is 2. The summed E-state index contributed by atoms with van der Waals surface area (Å²) < 4.78 is 50.5. The van der Waals surface area contributed by atoms with E-state index in [0.29, 0.717) is 25.5 Å². The Labute approximate surface area is 132 Å². The summed E-state index contributed by atoms with van der Waals surface area (Å²) in [6.07, 6.45) is 1.89. The molecule has 1 fully saturated rings. The van der Waals surface area contributed by atoms with E-state index in [1.54, 1.807) is 0 Å². The highest BCUT2D eigenvalue weighted by Gasteiger charge is 2.27. The number of hydrogen-bond donors (Lipinski definition) is 2. The first kappa shape index (κ1) is 17.3. The van der Waals surface area contributed by atoms with Gasteiger partial charge in [0.2, 0.25) is 11.8 Å². The van der Waals surface area contributed by atoms with E-state index in [4.69, 9.17) is 0 Å². The average Bonchev–Trinajstić information content (AvgIpc) is 2.63. The maximum absolute atomic E-state index is 13.6. The minimum atomic E-state index is -4.27. The van der Waals surface area contributed by atoms with Crippen LogP contribution in [0.25, 0.3) is 0 Å². The second kappa shape index (κ2) is 7.03. The van der Waals surface area contributed by atoms with Crippen LogP contribution in [0, 0.1) is 11.6 Å². The van der Waals surface area contributed by atoms with Crippen LogP contribution in [0.2, 0.25) is 0 Å². The van der Waals surface area contributed by atoms with Crippen LogP contribution >= 0.6 is 0 Å². The average molecular weight is 346 g/mol. The molecule has 0 spiro atoms. The Morgan fingerprint density at radius 3 is 2.74 bits per heavy atom. The lowest BCUT2D eigenvalue weighted by Crippen LogP contribution is -2.47. The van der Waals surface area contributed by atoms with Crippen LogP contribution in [-0.2, 0) is 19.4 Å². The summed E-state index contributed by atoms with van der Waals surface area (Å²) in [5, 5.41) is 4.94. The largest absolute Gasteiger partial charge is 0.354 e. The molecule has 2 N–H and O–H groups in total. The van der Waals surface area contributed by atoms with Gasteiger partial charge in [-0.25, -0.2) is 17.2 Å². The summed E-state index contributed by atoms with van der Waals surface area (Å²) in [5.74, 6) is -4.47. The summed E-state index contributed by atoms with van der Waals surface area (Å²) in [5.41, 5.74) is 0. The van der Waals surface area contributed by atoms with Crippen molar-refractivity contribution in [1.82, 2.24) is 10.6 Å². The number of benzene rings is 1. The Morgan fingerprint density at radius 1 is 1.30 bits per heavy atom. The van der Waals surface area contributed by atoms with Crippen molar-refractivity contribution in [3.05, 3.63) is 29.8 Å². The molecule has 2 rings (SSSR count). The van der Waals surface area contributed by atoms with E-state index in [1.807, 2.05) is 0 Å². The summed E-state index contributed by atoms with van der Waals surface area (Å²) in [6, 6.07) is 1.19. The van der Waals surface area contributed by atoms with Crippen LogP contribution in [0.4, 0.5) is 8.78 Å². The van der Waals surface area contributed by atoms with Crippen molar-refractivity contribution in [2.24, 2.45) is 0 Å². The fourth-order valence-electron chi connectivity index (χ4n) is 2.29. The quantitative estimate of drug-likeness (QED) is 0.778. The molecule has 1 aromatic rings. The van der Waals surface area contributed by atoms with Gasteiger partial charge in [0.25, 0.3) is 0 Å². The standard InChI is InChI=1S/C14H16F2N2O4S/c15-9-4-5-12(10(16)7-9)23(21,22)8-13(19)18-11-3-1-2-6-17-14(11)20/h4-5,7,11H,1-3,6,8H2,(H,17,20)(H,18,19)/t11-/m0/s1. The third kappa shape index (κ3) is 4.47. The molecule has 6 nitrogen and oxygen atoms in total. The van der Waals surface area contributed by atoms with Crippen LogP contribution in [0.5, 0.6) is 0 Å². The van der Waals surface area contributed by atoms with E-state index >= 15 is 0 Å². The SMILES string of the molecule is O=C(CS(=O)(=O)c1ccc(F)cc1F)N[C@H]1CCCCNC1=O. The van der Waals surface area contributed by atoms with Gasteiger partial charge in [0.1, 0.15) is 28.3 Å². The lowest BCUT2D eigenvalue weighted by atomic mass is 10.1. The Hall–Kier alpha value is -2.03. The van der Waals surface area contributed by atoms with E-state index in [9.17, 15) is 26.8 Å². The molecular weight excluding hydrogens is 330 g/mol. The zero-order chi connectivity index (χ0) is 17.0. The minimum Gasteiger partial charge on any atom is -0.354 e. The van der Waals surface area contributed by atoms with E-state index in [-0.39, 0.29) is 5.91 Å². The van der Waals surface area contributed by atoms with Gasteiger partial charge >= 0.3 is 0 Å². The molecule has 23 heavy (non-hydrogen) atoms. The Morgan fingerprint density at radius 2 is 2.04 bits per heavy atom. The molecule has 9 heteroatoms. The smallest absolute Gasteiger partial charge is 0.242 e. The summed E-state index contributed by atoms with van der Waals surface area (Å²) in [7, 11) is -4.27. The van der Waals surface area contributed by atoms with Gasteiger partial charge in [0.15, 0.2) is 9.84 Å².